The minimum Gasteiger partial charge on any atom is -0.301 e. The molecule has 110 valence electrons. The summed E-state index contributed by atoms with van der Waals surface area (Å²) in [6.07, 6.45) is 3.15. The van der Waals surface area contributed by atoms with Gasteiger partial charge < -0.3 is 5.32 Å². The molecule has 0 bridgehead atoms. The second kappa shape index (κ2) is 5.40. The molecule has 2 aliphatic heterocycles. The number of thiophene rings is 1. The maximum absolute atomic E-state index is 12.4. The molecule has 1 aromatic carbocycles. The normalized spacial score (nSPS) is 22.4. The minimum atomic E-state index is -0.115. The van der Waals surface area contributed by atoms with E-state index in [0.717, 1.165) is 26.1 Å². The van der Waals surface area contributed by atoms with Gasteiger partial charge in [0.05, 0.1) is 6.04 Å². The van der Waals surface area contributed by atoms with Crippen molar-refractivity contribution in [3.63, 3.8) is 0 Å². The van der Waals surface area contributed by atoms with Crippen LogP contribution in [0.15, 0.2) is 24.3 Å². The molecule has 1 atom stereocenters. The third-order valence-electron chi connectivity index (χ3n) is 4.39. The fraction of sp³-hybridized carbons (Fsp3) is 0.438. The Hall–Kier alpha value is -1.43. The Labute approximate surface area is 128 Å². The Morgan fingerprint density at radius 1 is 1.29 bits per heavy atom. The van der Waals surface area contributed by atoms with Crippen molar-refractivity contribution in [2.75, 3.05) is 13.1 Å². The Morgan fingerprint density at radius 3 is 2.95 bits per heavy atom. The van der Waals surface area contributed by atoms with E-state index in [2.05, 4.69) is 35.0 Å². The number of benzene rings is 1. The van der Waals surface area contributed by atoms with Crippen LogP contribution in [0, 0.1) is 0 Å². The number of hydrazine groups is 1. The zero-order valence-electron chi connectivity index (χ0n) is 11.9. The standard InChI is InChI=1S/C16H19N3OS/c20-16(18-19-7-3-4-8-19)13-9-12-11-5-1-2-6-14(11)21-15(12)10-17-13/h1-2,5-6,13,17H,3-4,7-10H2,(H,18,20)/t13-/m1/s1. The summed E-state index contributed by atoms with van der Waals surface area (Å²) in [4.78, 5) is 13.8. The number of nitrogens with one attached hydrogen (secondary N) is 2. The molecule has 2 N–H and O–H groups in total. The highest BCUT2D eigenvalue weighted by molar-refractivity contribution is 7.19. The van der Waals surface area contributed by atoms with Crippen LogP contribution in [0.3, 0.4) is 0 Å². The molecule has 2 aliphatic rings. The maximum Gasteiger partial charge on any atom is 0.251 e. The number of nitrogens with zero attached hydrogens (tertiary/aromatic N) is 1. The first-order valence-electron chi connectivity index (χ1n) is 7.59. The van der Waals surface area contributed by atoms with Crippen LogP contribution >= 0.6 is 11.3 Å². The molecule has 4 rings (SSSR count). The summed E-state index contributed by atoms with van der Waals surface area (Å²) in [5.74, 6) is 0.109. The highest BCUT2D eigenvalue weighted by Gasteiger charge is 2.28. The van der Waals surface area contributed by atoms with Gasteiger partial charge in [0.25, 0.3) is 5.91 Å². The minimum absolute atomic E-state index is 0.109. The van der Waals surface area contributed by atoms with Crippen molar-refractivity contribution in [3.8, 4) is 0 Å². The van der Waals surface area contributed by atoms with Gasteiger partial charge in [-0.15, -0.1) is 11.3 Å². The third kappa shape index (κ3) is 2.46. The molecule has 0 unspecified atom stereocenters. The monoisotopic (exact) mass is 301 g/mol. The van der Waals surface area contributed by atoms with Crippen LogP contribution in [-0.4, -0.2) is 30.0 Å². The summed E-state index contributed by atoms with van der Waals surface area (Å²) in [7, 11) is 0. The lowest BCUT2D eigenvalue weighted by atomic mass is 9.98. The Balaban J connectivity index is 1.54. The zero-order chi connectivity index (χ0) is 14.2. The van der Waals surface area contributed by atoms with Gasteiger partial charge in [0, 0.05) is 29.2 Å². The van der Waals surface area contributed by atoms with Crippen LogP contribution in [0.4, 0.5) is 0 Å². The highest BCUT2D eigenvalue weighted by atomic mass is 32.1. The first-order valence-corrected chi connectivity index (χ1v) is 8.41. The predicted molar refractivity (Wildman–Crippen MR) is 85.1 cm³/mol. The van der Waals surface area contributed by atoms with E-state index in [1.54, 1.807) is 0 Å². The lowest BCUT2D eigenvalue weighted by Crippen LogP contribution is -2.52. The molecule has 0 radical (unpaired) electrons. The van der Waals surface area contributed by atoms with Crippen LogP contribution in [0.25, 0.3) is 10.1 Å². The number of hydrogen-bond acceptors (Lipinski definition) is 4. The molecular weight excluding hydrogens is 282 g/mol. The lowest BCUT2D eigenvalue weighted by molar-refractivity contribution is -0.127. The quantitative estimate of drug-likeness (QED) is 0.892. The molecule has 2 aromatic rings. The molecule has 1 saturated heterocycles. The van der Waals surface area contributed by atoms with E-state index in [9.17, 15) is 4.79 Å². The van der Waals surface area contributed by atoms with Gasteiger partial charge in [0.15, 0.2) is 0 Å². The summed E-state index contributed by atoms with van der Waals surface area (Å²) in [5.41, 5.74) is 4.41. The summed E-state index contributed by atoms with van der Waals surface area (Å²) < 4.78 is 1.32. The Bertz CT molecular complexity index is 675. The Kier molecular flexibility index (Phi) is 3.41. The SMILES string of the molecule is O=C(NN1CCCC1)[C@H]1Cc2c(sc3ccccc23)CN1. The van der Waals surface area contributed by atoms with Crippen LogP contribution < -0.4 is 10.7 Å². The van der Waals surface area contributed by atoms with Crippen molar-refractivity contribution in [1.82, 2.24) is 15.8 Å². The largest absolute Gasteiger partial charge is 0.301 e. The molecule has 1 aromatic heterocycles. The number of amides is 1. The summed E-state index contributed by atoms with van der Waals surface area (Å²) in [6, 6.07) is 8.38. The zero-order valence-corrected chi connectivity index (χ0v) is 12.7. The fourth-order valence-electron chi connectivity index (χ4n) is 3.26. The number of hydrogen-bond donors (Lipinski definition) is 2. The molecular formula is C16H19N3OS. The molecule has 1 fully saturated rings. The number of carbonyl (C=O) groups is 1. The third-order valence-corrected chi connectivity index (χ3v) is 5.60. The van der Waals surface area contributed by atoms with Crippen molar-refractivity contribution in [2.24, 2.45) is 0 Å². The van der Waals surface area contributed by atoms with Crippen molar-refractivity contribution < 1.29 is 4.79 Å². The van der Waals surface area contributed by atoms with E-state index in [1.807, 2.05) is 16.3 Å². The van der Waals surface area contributed by atoms with Gasteiger partial charge >= 0.3 is 0 Å². The molecule has 0 aliphatic carbocycles. The molecule has 5 heteroatoms. The van der Waals surface area contributed by atoms with E-state index in [4.69, 9.17) is 0 Å². The first-order chi connectivity index (χ1) is 10.3. The van der Waals surface area contributed by atoms with E-state index in [0.29, 0.717) is 0 Å². The van der Waals surface area contributed by atoms with Crippen molar-refractivity contribution in [3.05, 3.63) is 34.7 Å². The van der Waals surface area contributed by atoms with Crippen LogP contribution in [0.1, 0.15) is 23.3 Å². The lowest BCUT2D eigenvalue weighted by Gasteiger charge is -2.26. The average molecular weight is 301 g/mol. The number of carbonyl (C=O) groups excluding carboxylic acids is 1. The van der Waals surface area contributed by atoms with Gasteiger partial charge in [-0.3, -0.25) is 10.2 Å². The Morgan fingerprint density at radius 2 is 2.10 bits per heavy atom. The van der Waals surface area contributed by atoms with E-state index >= 15 is 0 Å². The summed E-state index contributed by atoms with van der Waals surface area (Å²) in [5, 5.41) is 6.75. The van der Waals surface area contributed by atoms with Crippen molar-refractivity contribution >= 4 is 27.3 Å². The van der Waals surface area contributed by atoms with Gasteiger partial charge in [-0.1, -0.05) is 18.2 Å². The predicted octanol–water partition coefficient (Wildman–Crippen LogP) is 2.04. The summed E-state index contributed by atoms with van der Waals surface area (Å²) in [6.45, 7) is 2.75. The van der Waals surface area contributed by atoms with E-state index < -0.39 is 0 Å². The molecule has 21 heavy (non-hydrogen) atoms. The number of rotatable bonds is 2. The van der Waals surface area contributed by atoms with E-state index in [1.165, 1.54) is 33.4 Å². The molecule has 4 nitrogen and oxygen atoms in total. The summed E-state index contributed by atoms with van der Waals surface area (Å²) >= 11 is 1.84. The van der Waals surface area contributed by atoms with Gasteiger partial charge in [-0.05, 0) is 36.3 Å². The smallest absolute Gasteiger partial charge is 0.251 e. The van der Waals surface area contributed by atoms with E-state index in [-0.39, 0.29) is 11.9 Å². The van der Waals surface area contributed by atoms with Gasteiger partial charge in [0.1, 0.15) is 0 Å². The van der Waals surface area contributed by atoms with Crippen LogP contribution in [-0.2, 0) is 17.8 Å². The van der Waals surface area contributed by atoms with Gasteiger partial charge in [-0.2, -0.15) is 0 Å². The second-order valence-corrected chi connectivity index (χ2v) is 6.94. The van der Waals surface area contributed by atoms with Crippen molar-refractivity contribution in [1.29, 1.82) is 0 Å². The number of fused-ring (bicyclic) bond motifs is 3. The van der Waals surface area contributed by atoms with Crippen LogP contribution in [0.2, 0.25) is 0 Å². The highest BCUT2D eigenvalue weighted by Crippen LogP contribution is 2.34. The molecule has 0 spiro atoms. The average Bonchev–Trinajstić information content (AvgIpc) is 3.13. The second-order valence-electron chi connectivity index (χ2n) is 5.81. The van der Waals surface area contributed by atoms with Gasteiger partial charge in [-0.25, -0.2) is 5.01 Å². The van der Waals surface area contributed by atoms with Crippen LogP contribution in [0.5, 0.6) is 0 Å². The van der Waals surface area contributed by atoms with Crippen molar-refractivity contribution in [2.45, 2.75) is 31.8 Å². The fourth-order valence-corrected chi connectivity index (χ4v) is 4.44. The molecule has 3 heterocycles. The van der Waals surface area contributed by atoms with Gasteiger partial charge in [0.2, 0.25) is 0 Å². The maximum atomic E-state index is 12.4. The first kappa shape index (κ1) is 13.2. The molecule has 1 amide bonds. The topological polar surface area (TPSA) is 44.4 Å². The molecule has 0 saturated carbocycles.